The number of carbonyl (C=O) groups is 1. The van der Waals surface area contributed by atoms with Crippen molar-refractivity contribution in [3.8, 4) is 5.75 Å². The van der Waals surface area contributed by atoms with Gasteiger partial charge >= 0.3 is 0 Å². The molecule has 0 aliphatic heterocycles. The number of hydrogen-bond acceptors (Lipinski definition) is 3. The molecule has 0 aliphatic rings. The molecule has 0 saturated carbocycles. The van der Waals surface area contributed by atoms with Gasteiger partial charge in [0.05, 0.1) is 17.6 Å². The largest absolute Gasteiger partial charge is 0.506 e. The van der Waals surface area contributed by atoms with Gasteiger partial charge in [0.2, 0.25) is 5.91 Å². The number of phenolic OH excluding ortho intramolecular Hbond substituents is 1. The Balaban J connectivity index is 2.14. The highest BCUT2D eigenvalue weighted by molar-refractivity contribution is 7.23. The van der Waals surface area contributed by atoms with Crippen LogP contribution in [0.15, 0.2) is 36.4 Å². The summed E-state index contributed by atoms with van der Waals surface area (Å²) in [6.07, 6.45) is 0. The van der Waals surface area contributed by atoms with Gasteiger partial charge < -0.3 is 5.11 Å². The molecule has 3 aromatic rings. The van der Waals surface area contributed by atoms with Crippen molar-refractivity contribution in [3.63, 3.8) is 0 Å². The van der Waals surface area contributed by atoms with Crippen molar-refractivity contribution in [2.45, 2.75) is 20.4 Å². The number of phenols is 1. The van der Waals surface area contributed by atoms with Crippen LogP contribution in [-0.2, 0) is 11.3 Å². The lowest BCUT2D eigenvalue weighted by Gasteiger charge is -2.19. The molecule has 0 atom stereocenters. The predicted molar refractivity (Wildman–Crippen MR) is 96.5 cm³/mol. The number of anilines is 1. The topological polar surface area (TPSA) is 40.5 Å². The average Bonchev–Trinajstić information content (AvgIpc) is 2.88. The molecular weight excluding hydrogens is 349 g/mol. The number of aryl methyl sites for hydroxylation is 1. The summed E-state index contributed by atoms with van der Waals surface area (Å²) in [5, 5.41) is 11.1. The van der Waals surface area contributed by atoms with E-state index in [2.05, 4.69) is 0 Å². The lowest BCUT2D eigenvalue weighted by Crippen LogP contribution is -2.26. The molecule has 0 saturated heterocycles. The summed E-state index contributed by atoms with van der Waals surface area (Å²) in [5.41, 5.74) is 1.33. The van der Waals surface area contributed by atoms with Crippen LogP contribution in [0.4, 0.5) is 9.39 Å². The molecule has 0 bridgehead atoms. The summed E-state index contributed by atoms with van der Waals surface area (Å²) in [4.78, 5) is 13.6. The number of hydrogen-bond donors (Lipinski definition) is 1. The fraction of sp³-hybridized carbons (Fsp3) is 0.167. The van der Waals surface area contributed by atoms with Crippen LogP contribution in [0.5, 0.6) is 5.75 Å². The number of halogens is 2. The molecular formula is C18H15ClFNO2S. The molecule has 0 spiro atoms. The Morgan fingerprint density at radius 2 is 2.21 bits per heavy atom. The van der Waals surface area contributed by atoms with Gasteiger partial charge in [-0.1, -0.05) is 23.7 Å². The van der Waals surface area contributed by atoms with E-state index < -0.39 is 0 Å². The average molecular weight is 365 g/mol. The lowest BCUT2D eigenvalue weighted by molar-refractivity contribution is -0.116. The zero-order valence-electron chi connectivity index (χ0n) is 14.1. The summed E-state index contributed by atoms with van der Waals surface area (Å²) in [6.45, 7) is 3.32. The minimum atomic E-state index is -0.382. The molecule has 0 unspecified atom stereocenters. The molecule has 1 amide bonds. The van der Waals surface area contributed by atoms with Crippen molar-refractivity contribution < 1.29 is 15.7 Å². The molecule has 0 radical (unpaired) electrons. The van der Waals surface area contributed by atoms with E-state index in [-0.39, 0.29) is 35.1 Å². The number of nitrogens with zero attached hydrogens (tertiary/aromatic N) is 1. The van der Waals surface area contributed by atoms with Gasteiger partial charge in [-0.15, -0.1) is 11.3 Å². The van der Waals surface area contributed by atoms with Gasteiger partial charge in [0, 0.05) is 6.92 Å². The van der Waals surface area contributed by atoms with Crippen LogP contribution in [0, 0.1) is 12.7 Å². The first kappa shape index (κ1) is 15.4. The first-order valence-electron chi connectivity index (χ1n) is 7.73. The first-order valence-corrected chi connectivity index (χ1v) is 8.42. The summed E-state index contributed by atoms with van der Waals surface area (Å²) in [7, 11) is 0. The number of thiophene rings is 1. The van der Waals surface area contributed by atoms with Crippen molar-refractivity contribution in [2.24, 2.45) is 0 Å². The van der Waals surface area contributed by atoms with Gasteiger partial charge in [0.1, 0.15) is 16.6 Å². The molecule has 2 aromatic carbocycles. The van der Waals surface area contributed by atoms with Crippen molar-refractivity contribution in [2.75, 3.05) is 4.90 Å². The molecule has 1 aromatic heterocycles. The van der Waals surface area contributed by atoms with Crippen molar-refractivity contribution in [1.29, 1.82) is 0 Å². The van der Waals surface area contributed by atoms with Crippen LogP contribution in [0.2, 0.25) is 5.02 Å². The summed E-state index contributed by atoms with van der Waals surface area (Å²) >= 11 is 7.34. The van der Waals surface area contributed by atoms with E-state index in [1.807, 2.05) is 0 Å². The van der Waals surface area contributed by atoms with E-state index in [9.17, 15) is 14.3 Å². The van der Waals surface area contributed by atoms with Crippen LogP contribution in [-0.4, -0.2) is 11.0 Å². The van der Waals surface area contributed by atoms with E-state index in [1.54, 1.807) is 19.1 Å². The van der Waals surface area contributed by atoms with Gasteiger partial charge in [-0.25, -0.2) is 4.39 Å². The van der Waals surface area contributed by atoms with E-state index in [0.717, 1.165) is 0 Å². The summed E-state index contributed by atoms with van der Waals surface area (Å²) in [5.74, 6) is -0.700. The van der Waals surface area contributed by atoms with Crippen LogP contribution >= 0.6 is 22.9 Å². The van der Waals surface area contributed by atoms with Crippen LogP contribution < -0.4 is 4.90 Å². The maximum atomic E-state index is 13.4. The first-order chi connectivity index (χ1) is 11.8. The molecule has 0 aliphatic carbocycles. The van der Waals surface area contributed by atoms with Crippen molar-refractivity contribution >= 4 is 43.9 Å². The fourth-order valence-electron chi connectivity index (χ4n) is 2.49. The SMILES string of the molecule is [2H]c1c(N(Cc2cccc(F)c2)C(C)=O)sc2c(Cl)c(O)cc(C)c12. The molecule has 6 heteroatoms. The Morgan fingerprint density at radius 1 is 1.46 bits per heavy atom. The monoisotopic (exact) mass is 364 g/mol. The Morgan fingerprint density at radius 3 is 2.88 bits per heavy atom. The minimum absolute atomic E-state index is 0.0565. The predicted octanol–water partition coefficient (Wildman–Crippen LogP) is 5.26. The molecule has 3 nitrogen and oxygen atoms in total. The van der Waals surface area contributed by atoms with Crippen molar-refractivity contribution in [1.82, 2.24) is 0 Å². The number of carbonyl (C=O) groups excluding carboxylic acids is 1. The summed E-state index contributed by atoms with van der Waals surface area (Å²) in [6, 6.07) is 7.67. The molecule has 24 heavy (non-hydrogen) atoms. The van der Waals surface area contributed by atoms with Crippen molar-refractivity contribution in [3.05, 3.63) is 58.3 Å². The van der Waals surface area contributed by atoms with Gasteiger partial charge in [-0.3, -0.25) is 9.69 Å². The van der Waals surface area contributed by atoms with Gasteiger partial charge in [-0.2, -0.15) is 0 Å². The smallest absolute Gasteiger partial charge is 0.224 e. The van der Waals surface area contributed by atoms with Gasteiger partial charge in [0.25, 0.3) is 0 Å². The Bertz CT molecular complexity index is 989. The third-order valence-electron chi connectivity index (χ3n) is 3.68. The number of amides is 1. The minimum Gasteiger partial charge on any atom is -0.506 e. The van der Waals surface area contributed by atoms with E-state index in [0.29, 0.717) is 26.2 Å². The number of aromatic hydroxyl groups is 1. The highest BCUT2D eigenvalue weighted by Crippen LogP contribution is 2.43. The van der Waals surface area contributed by atoms with Crippen LogP contribution in [0.25, 0.3) is 10.1 Å². The molecule has 1 N–H and O–H groups in total. The quantitative estimate of drug-likeness (QED) is 0.688. The molecule has 1 heterocycles. The number of benzene rings is 2. The third-order valence-corrected chi connectivity index (χ3v) is 5.31. The molecule has 124 valence electrons. The van der Waals surface area contributed by atoms with E-state index >= 15 is 0 Å². The lowest BCUT2D eigenvalue weighted by atomic mass is 10.1. The normalized spacial score (nSPS) is 11.6. The Hall–Kier alpha value is -2.11. The fourth-order valence-corrected chi connectivity index (χ4v) is 3.92. The second-order valence-electron chi connectivity index (χ2n) is 5.50. The highest BCUT2D eigenvalue weighted by Gasteiger charge is 2.18. The Labute approximate surface area is 149 Å². The van der Waals surface area contributed by atoms with E-state index in [1.165, 1.54) is 41.4 Å². The van der Waals surface area contributed by atoms with E-state index in [4.69, 9.17) is 13.0 Å². The number of rotatable bonds is 3. The van der Waals surface area contributed by atoms with Crippen LogP contribution in [0.3, 0.4) is 0 Å². The zero-order valence-corrected chi connectivity index (χ0v) is 14.6. The molecule has 3 rings (SSSR count). The van der Waals surface area contributed by atoms with Crippen LogP contribution in [0.1, 0.15) is 19.4 Å². The molecule has 0 fully saturated rings. The van der Waals surface area contributed by atoms with Gasteiger partial charge in [-0.05, 0) is 47.7 Å². The Kier molecular flexibility index (Phi) is 4.12. The maximum absolute atomic E-state index is 13.4. The third kappa shape index (κ3) is 3.09. The summed E-state index contributed by atoms with van der Waals surface area (Å²) < 4.78 is 22.5. The second-order valence-corrected chi connectivity index (χ2v) is 6.88. The zero-order chi connectivity index (χ0) is 18.3. The highest BCUT2D eigenvalue weighted by atomic mass is 35.5. The number of fused-ring (bicyclic) bond motifs is 1. The van der Waals surface area contributed by atoms with Gasteiger partial charge in [0.15, 0.2) is 0 Å². The standard InChI is InChI=1S/C18H15ClFNO2S/c1-10-6-15(23)17(19)18-14(10)8-16(24-18)21(11(2)22)9-12-4-3-5-13(20)7-12/h3-8,23H,9H2,1-2H3/i8D. The maximum Gasteiger partial charge on any atom is 0.224 e. The second kappa shape index (κ2) is 6.42.